The first-order valence-corrected chi connectivity index (χ1v) is 7.55. The molecule has 106 valence electrons. The number of nitrogens with one attached hydrogen (secondary N) is 1. The van der Waals surface area contributed by atoms with E-state index in [0.717, 1.165) is 0 Å². The van der Waals surface area contributed by atoms with Crippen LogP contribution in [-0.4, -0.2) is 20.1 Å². The van der Waals surface area contributed by atoms with E-state index < -0.39 is 16.1 Å². The molecule has 2 aromatic rings. The molecule has 2 aromatic carbocycles. The van der Waals surface area contributed by atoms with E-state index in [1.807, 2.05) is 6.07 Å². The van der Waals surface area contributed by atoms with Crippen molar-refractivity contribution >= 4 is 15.7 Å². The van der Waals surface area contributed by atoms with Gasteiger partial charge in [0.2, 0.25) is 10.0 Å². The molecule has 0 aliphatic rings. The average Bonchev–Trinajstić information content (AvgIpc) is 2.46. The Balaban J connectivity index is 2.24. The third-order valence-electron chi connectivity index (χ3n) is 2.87. The number of nitrogen functional groups attached to an aromatic ring is 1. The Labute approximate surface area is 118 Å². The lowest BCUT2D eigenvalue weighted by atomic mass is 10.1. The largest absolute Gasteiger partial charge is 0.399 e. The van der Waals surface area contributed by atoms with Crippen LogP contribution < -0.4 is 10.5 Å². The molecule has 20 heavy (non-hydrogen) atoms. The van der Waals surface area contributed by atoms with Crippen LogP contribution in [-0.2, 0) is 10.0 Å². The Bertz CT molecular complexity index is 655. The molecule has 0 aliphatic heterocycles. The van der Waals surface area contributed by atoms with Gasteiger partial charge in [-0.2, -0.15) is 0 Å². The molecule has 4 N–H and O–H groups in total. The van der Waals surface area contributed by atoms with Gasteiger partial charge in [-0.25, -0.2) is 13.1 Å². The van der Waals surface area contributed by atoms with Crippen LogP contribution in [0.2, 0.25) is 0 Å². The summed E-state index contributed by atoms with van der Waals surface area (Å²) in [6.45, 7) is -0.321. The highest BCUT2D eigenvalue weighted by molar-refractivity contribution is 7.89. The van der Waals surface area contributed by atoms with Gasteiger partial charge in [-0.15, -0.1) is 0 Å². The molecule has 1 atom stereocenters. The first kappa shape index (κ1) is 14.5. The monoisotopic (exact) mass is 292 g/mol. The maximum Gasteiger partial charge on any atom is 0.241 e. The molecular formula is C14H16N2O3S. The van der Waals surface area contributed by atoms with Gasteiger partial charge in [-0.05, 0) is 29.8 Å². The van der Waals surface area contributed by atoms with E-state index in [-0.39, 0.29) is 11.5 Å². The van der Waals surface area contributed by atoms with Gasteiger partial charge in [0.1, 0.15) is 0 Å². The second-order valence-corrected chi connectivity index (χ2v) is 6.05. The molecular weight excluding hydrogens is 276 g/mol. The minimum Gasteiger partial charge on any atom is -0.399 e. The SMILES string of the molecule is Nc1ccc(S(=O)(=O)NC(CO)c2ccccc2)cc1. The van der Waals surface area contributed by atoms with Crippen molar-refractivity contribution in [1.29, 1.82) is 0 Å². The molecule has 0 fully saturated rings. The van der Waals surface area contributed by atoms with E-state index in [0.29, 0.717) is 11.3 Å². The quantitative estimate of drug-likeness (QED) is 0.724. The highest BCUT2D eigenvalue weighted by Crippen LogP contribution is 2.17. The maximum atomic E-state index is 12.2. The molecule has 0 radical (unpaired) electrons. The van der Waals surface area contributed by atoms with Crippen LogP contribution in [0.3, 0.4) is 0 Å². The van der Waals surface area contributed by atoms with Crippen LogP contribution in [0.1, 0.15) is 11.6 Å². The van der Waals surface area contributed by atoms with Crippen molar-refractivity contribution in [3.05, 3.63) is 60.2 Å². The Morgan fingerprint density at radius 1 is 1.05 bits per heavy atom. The number of hydrogen-bond donors (Lipinski definition) is 3. The minimum atomic E-state index is -3.70. The fourth-order valence-electron chi connectivity index (χ4n) is 1.80. The Morgan fingerprint density at radius 2 is 1.65 bits per heavy atom. The van der Waals surface area contributed by atoms with Crippen molar-refractivity contribution in [2.45, 2.75) is 10.9 Å². The summed E-state index contributed by atoms with van der Waals surface area (Å²) in [4.78, 5) is 0.112. The number of hydrogen-bond acceptors (Lipinski definition) is 4. The average molecular weight is 292 g/mol. The molecule has 0 saturated heterocycles. The summed E-state index contributed by atoms with van der Waals surface area (Å²) >= 11 is 0. The van der Waals surface area contributed by atoms with Crippen LogP contribution in [0.4, 0.5) is 5.69 Å². The van der Waals surface area contributed by atoms with Gasteiger partial charge in [-0.3, -0.25) is 0 Å². The Morgan fingerprint density at radius 3 is 2.20 bits per heavy atom. The van der Waals surface area contributed by atoms with Crippen LogP contribution in [0, 0.1) is 0 Å². The normalized spacial score (nSPS) is 13.1. The molecule has 0 aromatic heterocycles. The van der Waals surface area contributed by atoms with Crippen molar-refractivity contribution in [2.75, 3.05) is 12.3 Å². The standard InChI is InChI=1S/C14H16N2O3S/c15-12-6-8-13(9-7-12)20(18,19)16-14(10-17)11-4-2-1-3-5-11/h1-9,14,16-17H,10,15H2. The number of aliphatic hydroxyl groups is 1. The Hall–Kier alpha value is -1.89. The molecule has 6 heteroatoms. The lowest BCUT2D eigenvalue weighted by Crippen LogP contribution is -2.30. The first-order chi connectivity index (χ1) is 9.53. The Kier molecular flexibility index (Phi) is 4.39. The third kappa shape index (κ3) is 3.36. The number of anilines is 1. The molecule has 0 bridgehead atoms. The zero-order valence-corrected chi connectivity index (χ0v) is 11.5. The first-order valence-electron chi connectivity index (χ1n) is 6.06. The van der Waals surface area contributed by atoms with E-state index in [9.17, 15) is 13.5 Å². The fourth-order valence-corrected chi connectivity index (χ4v) is 3.01. The number of rotatable bonds is 5. The van der Waals surface area contributed by atoms with Crippen molar-refractivity contribution in [1.82, 2.24) is 4.72 Å². The topological polar surface area (TPSA) is 92.4 Å². The van der Waals surface area contributed by atoms with Gasteiger partial charge in [-0.1, -0.05) is 30.3 Å². The predicted octanol–water partition coefficient (Wildman–Crippen LogP) is 1.28. The van der Waals surface area contributed by atoms with Gasteiger partial charge < -0.3 is 10.8 Å². The fraction of sp³-hybridized carbons (Fsp3) is 0.143. The van der Waals surface area contributed by atoms with Gasteiger partial charge in [0.05, 0.1) is 17.5 Å². The van der Waals surface area contributed by atoms with Crippen molar-refractivity contribution in [3.63, 3.8) is 0 Å². The van der Waals surface area contributed by atoms with Crippen LogP contribution in [0.5, 0.6) is 0 Å². The maximum absolute atomic E-state index is 12.2. The highest BCUT2D eigenvalue weighted by Gasteiger charge is 2.20. The van der Waals surface area contributed by atoms with Crippen molar-refractivity contribution < 1.29 is 13.5 Å². The van der Waals surface area contributed by atoms with Gasteiger partial charge in [0.15, 0.2) is 0 Å². The molecule has 0 spiro atoms. The van der Waals surface area contributed by atoms with Crippen LogP contribution in [0.15, 0.2) is 59.5 Å². The molecule has 2 rings (SSSR count). The molecule has 0 heterocycles. The molecule has 0 amide bonds. The molecule has 0 saturated carbocycles. The molecule has 5 nitrogen and oxygen atoms in total. The lowest BCUT2D eigenvalue weighted by Gasteiger charge is -2.17. The van der Waals surface area contributed by atoms with E-state index >= 15 is 0 Å². The molecule has 1 unspecified atom stereocenters. The summed E-state index contributed by atoms with van der Waals surface area (Å²) in [5.41, 5.74) is 6.73. The van der Waals surface area contributed by atoms with Crippen molar-refractivity contribution in [3.8, 4) is 0 Å². The zero-order valence-electron chi connectivity index (χ0n) is 10.7. The summed E-state index contributed by atoms with van der Waals surface area (Å²) in [7, 11) is -3.70. The summed E-state index contributed by atoms with van der Waals surface area (Å²) in [6.07, 6.45) is 0. The van der Waals surface area contributed by atoms with E-state index in [2.05, 4.69) is 4.72 Å². The van der Waals surface area contributed by atoms with Crippen LogP contribution in [0.25, 0.3) is 0 Å². The van der Waals surface area contributed by atoms with Gasteiger partial charge in [0, 0.05) is 5.69 Å². The van der Waals surface area contributed by atoms with E-state index in [4.69, 9.17) is 5.73 Å². The highest BCUT2D eigenvalue weighted by atomic mass is 32.2. The van der Waals surface area contributed by atoms with Crippen molar-refractivity contribution in [2.24, 2.45) is 0 Å². The van der Waals surface area contributed by atoms with Crippen LogP contribution >= 0.6 is 0 Å². The summed E-state index contributed by atoms with van der Waals surface area (Å²) in [5.74, 6) is 0. The zero-order chi connectivity index (χ0) is 14.6. The second-order valence-electron chi connectivity index (χ2n) is 4.34. The summed E-state index contributed by atoms with van der Waals surface area (Å²) in [5, 5.41) is 9.39. The minimum absolute atomic E-state index is 0.112. The lowest BCUT2D eigenvalue weighted by molar-refractivity contribution is 0.259. The third-order valence-corrected chi connectivity index (χ3v) is 4.36. The summed E-state index contributed by atoms with van der Waals surface area (Å²) in [6, 6.07) is 14.1. The number of aliphatic hydroxyl groups excluding tert-OH is 1. The second kappa shape index (κ2) is 6.04. The summed E-state index contributed by atoms with van der Waals surface area (Å²) < 4.78 is 26.9. The van der Waals surface area contributed by atoms with Gasteiger partial charge in [0.25, 0.3) is 0 Å². The van der Waals surface area contributed by atoms with E-state index in [1.54, 1.807) is 24.3 Å². The predicted molar refractivity (Wildman–Crippen MR) is 77.4 cm³/mol. The molecule has 0 aliphatic carbocycles. The number of benzene rings is 2. The smallest absolute Gasteiger partial charge is 0.241 e. The van der Waals surface area contributed by atoms with Gasteiger partial charge >= 0.3 is 0 Å². The number of sulfonamides is 1. The van der Waals surface area contributed by atoms with E-state index in [1.165, 1.54) is 24.3 Å². The number of nitrogens with two attached hydrogens (primary N) is 1.